The van der Waals surface area contributed by atoms with Crippen LogP contribution in [-0.2, 0) is 6.54 Å². The fourth-order valence-electron chi connectivity index (χ4n) is 3.84. The SMILES string of the molecule is Cc1ccc2c(c1)n(Cc1ccccc1C)c(=O)c1nc(C(=O)Nc3cccc(Cl)c3)nn12. The zero-order chi connectivity index (χ0) is 23.1. The fourth-order valence-corrected chi connectivity index (χ4v) is 4.03. The van der Waals surface area contributed by atoms with Crippen molar-refractivity contribution in [1.29, 1.82) is 0 Å². The molecule has 2 aromatic heterocycles. The zero-order valence-corrected chi connectivity index (χ0v) is 18.8. The summed E-state index contributed by atoms with van der Waals surface area (Å²) in [6, 6.07) is 20.5. The van der Waals surface area contributed by atoms with Gasteiger partial charge in [0.25, 0.3) is 11.5 Å². The lowest BCUT2D eigenvalue weighted by Gasteiger charge is -2.13. The molecule has 0 radical (unpaired) electrons. The van der Waals surface area contributed by atoms with Crippen LogP contribution in [0.15, 0.2) is 71.5 Å². The van der Waals surface area contributed by atoms with Crippen molar-refractivity contribution >= 4 is 39.9 Å². The first kappa shape index (κ1) is 20.9. The van der Waals surface area contributed by atoms with E-state index in [4.69, 9.17) is 11.6 Å². The lowest BCUT2D eigenvalue weighted by atomic mass is 10.1. The summed E-state index contributed by atoms with van der Waals surface area (Å²) in [4.78, 5) is 30.6. The third-order valence-electron chi connectivity index (χ3n) is 5.57. The second kappa shape index (κ2) is 8.18. The average molecular weight is 458 g/mol. The number of fused-ring (bicyclic) bond motifs is 3. The Kier molecular flexibility index (Phi) is 5.18. The fraction of sp³-hybridized carbons (Fsp3) is 0.120. The molecule has 5 aromatic rings. The maximum absolute atomic E-state index is 13.5. The van der Waals surface area contributed by atoms with E-state index in [0.717, 1.165) is 22.2 Å². The molecule has 0 spiro atoms. The summed E-state index contributed by atoms with van der Waals surface area (Å²) in [6.45, 7) is 4.37. The summed E-state index contributed by atoms with van der Waals surface area (Å²) in [6.07, 6.45) is 0. The molecule has 2 heterocycles. The number of carbonyl (C=O) groups excluding carboxylic acids is 1. The molecule has 0 saturated carbocycles. The van der Waals surface area contributed by atoms with Crippen LogP contribution in [0.3, 0.4) is 0 Å². The number of anilines is 1. The van der Waals surface area contributed by atoms with Gasteiger partial charge in [0, 0.05) is 10.7 Å². The number of aryl methyl sites for hydroxylation is 2. The topological polar surface area (TPSA) is 81.3 Å². The van der Waals surface area contributed by atoms with Crippen LogP contribution in [0.2, 0.25) is 5.02 Å². The van der Waals surface area contributed by atoms with Gasteiger partial charge in [-0.3, -0.25) is 14.2 Å². The van der Waals surface area contributed by atoms with Gasteiger partial charge in [-0.2, -0.15) is 4.98 Å². The van der Waals surface area contributed by atoms with E-state index < -0.39 is 5.91 Å². The molecule has 3 aromatic carbocycles. The van der Waals surface area contributed by atoms with Crippen molar-refractivity contribution in [3.05, 3.63) is 105 Å². The van der Waals surface area contributed by atoms with Gasteiger partial charge in [0.1, 0.15) is 0 Å². The maximum Gasteiger partial charge on any atom is 0.296 e. The Hall–Kier alpha value is -3.97. The van der Waals surface area contributed by atoms with E-state index in [2.05, 4.69) is 15.4 Å². The van der Waals surface area contributed by atoms with Gasteiger partial charge in [-0.1, -0.05) is 48.0 Å². The van der Waals surface area contributed by atoms with Gasteiger partial charge >= 0.3 is 0 Å². The molecule has 0 aliphatic carbocycles. The van der Waals surface area contributed by atoms with Crippen molar-refractivity contribution in [3.63, 3.8) is 0 Å². The largest absolute Gasteiger partial charge is 0.319 e. The van der Waals surface area contributed by atoms with Crippen LogP contribution in [0.25, 0.3) is 16.7 Å². The number of hydrogen-bond donors (Lipinski definition) is 1. The summed E-state index contributed by atoms with van der Waals surface area (Å²) in [5.74, 6) is -0.617. The second-order valence-corrected chi connectivity index (χ2v) is 8.38. The summed E-state index contributed by atoms with van der Waals surface area (Å²) in [5, 5.41) is 7.59. The Labute approximate surface area is 194 Å². The van der Waals surface area contributed by atoms with Crippen LogP contribution < -0.4 is 10.9 Å². The molecule has 8 heteroatoms. The van der Waals surface area contributed by atoms with Gasteiger partial charge < -0.3 is 5.32 Å². The number of benzene rings is 3. The molecule has 0 aliphatic heterocycles. The minimum absolute atomic E-state index is 0.0937. The number of hydrogen-bond acceptors (Lipinski definition) is 4. The second-order valence-electron chi connectivity index (χ2n) is 7.95. The van der Waals surface area contributed by atoms with E-state index in [1.54, 1.807) is 28.8 Å². The standard InChI is InChI=1S/C25H20ClN5O2/c1-15-10-11-20-21(12-15)30(14-17-7-4-3-6-16(17)2)25(33)23-28-22(29-31(20)23)24(32)27-19-9-5-8-18(26)13-19/h3-13H,14H2,1-2H3,(H,27,32). The van der Waals surface area contributed by atoms with E-state index in [1.165, 1.54) is 4.52 Å². The van der Waals surface area contributed by atoms with Crippen LogP contribution in [0.4, 0.5) is 5.69 Å². The van der Waals surface area contributed by atoms with Crippen molar-refractivity contribution in [2.24, 2.45) is 0 Å². The van der Waals surface area contributed by atoms with Crippen LogP contribution in [0.5, 0.6) is 0 Å². The number of carbonyl (C=O) groups is 1. The molecular formula is C25H20ClN5O2. The number of halogens is 1. The lowest BCUT2D eigenvalue weighted by Crippen LogP contribution is -2.24. The molecule has 7 nitrogen and oxygen atoms in total. The molecule has 0 unspecified atom stereocenters. The van der Waals surface area contributed by atoms with Gasteiger partial charge in [0.2, 0.25) is 11.5 Å². The number of aromatic nitrogens is 4. The highest BCUT2D eigenvalue weighted by atomic mass is 35.5. The van der Waals surface area contributed by atoms with E-state index in [0.29, 0.717) is 22.8 Å². The number of amides is 1. The van der Waals surface area contributed by atoms with E-state index in [1.807, 2.05) is 56.3 Å². The number of nitrogens with one attached hydrogen (secondary N) is 1. The molecule has 164 valence electrons. The third-order valence-corrected chi connectivity index (χ3v) is 5.80. The molecule has 0 saturated heterocycles. The summed E-state index contributed by atoms with van der Waals surface area (Å²) in [7, 11) is 0. The number of rotatable bonds is 4. The molecule has 5 rings (SSSR count). The first-order valence-electron chi connectivity index (χ1n) is 10.4. The van der Waals surface area contributed by atoms with E-state index >= 15 is 0 Å². The minimum atomic E-state index is -0.522. The van der Waals surface area contributed by atoms with Crippen molar-refractivity contribution in [1.82, 2.24) is 19.2 Å². The van der Waals surface area contributed by atoms with E-state index in [-0.39, 0.29) is 17.0 Å². The van der Waals surface area contributed by atoms with Crippen molar-refractivity contribution in [2.75, 3.05) is 5.32 Å². The molecule has 0 bridgehead atoms. The monoisotopic (exact) mass is 457 g/mol. The predicted octanol–water partition coefficient (Wildman–Crippen LogP) is 4.62. The quantitative estimate of drug-likeness (QED) is 0.427. The summed E-state index contributed by atoms with van der Waals surface area (Å²) >= 11 is 6.00. The highest BCUT2D eigenvalue weighted by molar-refractivity contribution is 6.30. The van der Waals surface area contributed by atoms with Crippen molar-refractivity contribution in [3.8, 4) is 0 Å². The molecule has 33 heavy (non-hydrogen) atoms. The minimum Gasteiger partial charge on any atom is -0.319 e. The Morgan fingerprint density at radius 3 is 2.61 bits per heavy atom. The Morgan fingerprint density at radius 1 is 1.00 bits per heavy atom. The highest BCUT2D eigenvalue weighted by Gasteiger charge is 2.20. The average Bonchev–Trinajstić information content (AvgIpc) is 3.24. The highest BCUT2D eigenvalue weighted by Crippen LogP contribution is 2.19. The third kappa shape index (κ3) is 3.87. The predicted molar refractivity (Wildman–Crippen MR) is 129 cm³/mol. The normalized spacial score (nSPS) is 11.2. The van der Waals surface area contributed by atoms with Crippen LogP contribution in [-0.4, -0.2) is 25.1 Å². The molecule has 0 atom stereocenters. The van der Waals surface area contributed by atoms with Crippen LogP contribution >= 0.6 is 11.6 Å². The Morgan fingerprint density at radius 2 is 1.82 bits per heavy atom. The van der Waals surface area contributed by atoms with E-state index in [9.17, 15) is 9.59 Å². The van der Waals surface area contributed by atoms with Gasteiger partial charge in [0.15, 0.2) is 0 Å². The van der Waals surface area contributed by atoms with Gasteiger partial charge in [-0.05, 0) is 60.9 Å². The first-order chi connectivity index (χ1) is 15.9. The van der Waals surface area contributed by atoms with Crippen LogP contribution in [0, 0.1) is 13.8 Å². The molecule has 0 aliphatic rings. The van der Waals surface area contributed by atoms with Crippen molar-refractivity contribution in [2.45, 2.75) is 20.4 Å². The Bertz CT molecular complexity index is 1600. The smallest absolute Gasteiger partial charge is 0.296 e. The molecule has 0 fully saturated rings. The van der Waals surface area contributed by atoms with Gasteiger partial charge in [-0.25, -0.2) is 4.52 Å². The molecule has 1 N–H and O–H groups in total. The van der Waals surface area contributed by atoms with Crippen molar-refractivity contribution < 1.29 is 4.79 Å². The number of nitrogens with zero attached hydrogens (tertiary/aromatic N) is 4. The summed E-state index contributed by atoms with van der Waals surface area (Å²) < 4.78 is 3.13. The Balaban J connectivity index is 1.66. The lowest BCUT2D eigenvalue weighted by molar-refractivity contribution is 0.101. The zero-order valence-electron chi connectivity index (χ0n) is 18.0. The van der Waals surface area contributed by atoms with Crippen LogP contribution in [0.1, 0.15) is 27.3 Å². The maximum atomic E-state index is 13.5. The first-order valence-corrected chi connectivity index (χ1v) is 10.8. The summed E-state index contributed by atoms with van der Waals surface area (Å²) in [5.41, 5.74) is 4.85. The molecule has 1 amide bonds. The molecular weight excluding hydrogens is 438 g/mol. The van der Waals surface area contributed by atoms with Gasteiger partial charge in [0.05, 0.1) is 17.6 Å². The van der Waals surface area contributed by atoms with Gasteiger partial charge in [-0.15, -0.1) is 5.10 Å².